The molecule has 0 saturated carbocycles. The molecule has 7 nitrogen and oxygen atoms in total. The number of nitrogens with one attached hydrogen (secondary N) is 1. The van der Waals surface area contributed by atoms with E-state index in [1.807, 2.05) is 0 Å². The van der Waals surface area contributed by atoms with Crippen LogP contribution in [0.25, 0.3) is 22.4 Å². The van der Waals surface area contributed by atoms with E-state index in [0.29, 0.717) is 17.0 Å². The summed E-state index contributed by atoms with van der Waals surface area (Å²) >= 11 is 0. The molecular weight excluding hydrogens is 317 g/mol. The van der Waals surface area contributed by atoms with E-state index in [-0.39, 0.29) is 22.7 Å². The second kappa shape index (κ2) is 6.15. The first-order chi connectivity index (χ1) is 11.6. The number of nitrogens with zero attached hydrogens (tertiary/aromatic N) is 2. The summed E-state index contributed by atoms with van der Waals surface area (Å²) in [5.74, 6) is 0.386. The average Bonchev–Trinajstić information content (AvgIpc) is 2.60. The first kappa shape index (κ1) is 15.7. The summed E-state index contributed by atoms with van der Waals surface area (Å²) in [5, 5.41) is 0.246. The fraction of sp³-hybridized carbons (Fsp3) is 0.188. The minimum absolute atomic E-state index is 0.00274. The van der Waals surface area contributed by atoms with Gasteiger partial charge in [-0.1, -0.05) is 0 Å². The van der Waals surface area contributed by atoms with E-state index in [4.69, 9.17) is 14.2 Å². The monoisotopic (exact) mass is 331 g/mol. The van der Waals surface area contributed by atoms with Gasteiger partial charge in [-0.05, 0) is 0 Å². The maximum absolute atomic E-state index is 14.2. The summed E-state index contributed by atoms with van der Waals surface area (Å²) in [6.07, 6.45) is 1.34. The van der Waals surface area contributed by atoms with E-state index in [9.17, 15) is 9.18 Å². The molecule has 3 aromatic rings. The molecule has 0 spiro atoms. The van der Waals surface area contributed by atoms with Crippen LogP contribution in [0.4, 0.5) is 4.39 Å². The maximum atomic E-state index is 14.2. The van der Waals surface area contributed by atoms with Crippen LogP contribution < -0.4 is 19.8 Å². The number of H-pyrrole nitrogens is 1. The molecular formula is C16H14FN3O4. The summed E-state index contributed by atoms with van der Waals surface area (Å²) in [6.45, 7) is 0. The Balaban J connectivity index is 2.26. The molecule has 3 rings (SSSR count). The van der Waals surface area contributed by atoms with Crippen molar-refractivity contribution >= 4 is 10.9 Å². The van der Waals surface area contributed by atoms with Gasteiger partial charge in [0, 0.05) is 18.2 Å². The highest BCUT2D eigenvalue weighted by Gasteiger charge is 2.16. The summed E-state index contributed by atoms with van der Waals surface area (Å²) in [6, 6.07) is 4.31. The molecule has 0 aliphatic rings. The van der Waals surface area contributed by atoms with Crippen LogP contribution >= 0.6 is 0 Å². The van der Waals surface area contributed by atoms with Crippen LogP contribution in [0.5, 0.6) is 17.2 Å². The van der Waals surface area contributed by atoms with Crippen LogP contribution in [0.15, 0.2) is 29.2 Å². The van der Waals surface area contributed by atoms with Crippen molar-refractivity contribution in [1.82, 2.24) is 15.0 Å². The molecule has 1 aromatic carbocycles. The van der Waals surface area contributed by atoms with Gasteiger partial charge in [0.2, 0.25) is 0 Å². The van der Waals surface area contributed by atoms with Crippen molar-refractivity contribution in [3.8, 4) is 28.8 Å². The summed E-state index contributed by atoms with van der Waals surface area (Å²) in [4.78, 5) is 23.2. The Morgan fingerprint density at radius 2 is 1.79 bits per heavy atom. The molecule has 0 fully saturated rings. The van der Waals surface area contributed by atoms with Crippen LogP contribution in [-0.2, 0) is 0 Å². The van der Waals surface area contributed by atoms with Crippen LogP contribution in [0.3, 0.4) is 0 Å². The molecule has 24 heavy (non-hydrogen) atoms. The number of pyridine rings is 1. The van der Waals surface area contributed by atoms with Gasteiger partial charge in [0.15, 0.2) is 11.6 Å². The Bertz CT molecular complexity index is 971. The van der Waals surface area contributed by atoms with Crippen molar-refractivity contribution in [2.75, 3.05) is 21.3 Å². The van der Waals surface area contributed by atoms with E-state index in [1.165, 1.54) is 33.6 Å². The van der Waals surface area contributed by atoms with Crippen LogP contribution in [-0.4, -0.2) is 36.3 Å². The number of rotatable bonds is 4. The van der Waals surface area contributed by atoms with E-state index in [1.54, 1.807) is 12.1 Å². The Kier molecular flexibility index (Phi) is 4.03. The molecule has 0 bridgehead atoms. The number of benzene rings is 1. The zero-order valence-corrected chi connectivity index (χ0v) is 13.2. The van der Waals surface area contributed by atoms with Gasteiger partial charge < -0.3 is 19.2 Å². The molecule has 0 unspecified atom stereocenters. The molecule has 1 N–H and O–H groups in total. The molecule has 0 aliphatic carbocycles. The average molecular weight is 331 g/mol. The third-order valence-corrected chi connectivity index (χ3v) is 3.48. The molecule has 0 saturated heterocycles. The van der Waals surface area contributed by atoms with Gasteiger partial charge >= 0.3 is 0 Å². The number of hydrogen-bond donors (Lipinski definition) is 1. The quantitative estimate of drug-likeness (QED) is 0.788. The lowest BCUT2D eigenvalue weighted by Gasteiger charge is -2.09. The number of methoxy groups -OCH3 is 3. The normalized spacial score (nSPS) is 10.7. The first-order valence-electron chi connectivity index (χ1n) is 6.93. The van der Waals surface area contributed by atoms with Gasteiger partial charge in [0.1, 0.15) is 28.3 Å². The van der Waals surface area contributed by atoms with Crippen LogP contribution in [0, 0.1) is 5.82 Å². The van der Waals surface area contributed by atoms with E-state index in [2.05, 4.69) is 15.0 Å². The van der Waals surface area contributed by atoms with Crippen molar-refractivity contribution in [1.29, 1.82) is 0 Å². The minimum atomic E-state index is -0.660. The summed E-state index contributed by atoms with van der Waals surface area (Å²) in [7, 11) is 4.33. The molecule has 8 heteroatoms. The zero-order chi connectivity index (χ0) is 17.3. The predicted octanol–water partition coefficient (Wildman–Crippen LogP) is 2.15. The van der Waals surface area contributed by atoms with E-state index in [0.717, 1.165) is 0 Å². The van der Waals surface area contributed by atoms with Gasteiger partial charge in [-0.2, -0.15) is 0 Å². The fourth-order valence-corrected chi connectivity index (χ4v) is 2.31. The third-order valence-electron chi connectivity index (χ3n) is 3.48. The summed E-state index contributed by atoms with van der Waals surface area (Å²) < 4.78 is 29.5. The maximum Gasteiger partial charge on any atom is 0.262 e. The molecule has 0 amide bonds. The standard InChI is InChI=1S/C16H14FN3O4/c1-22-8-5-11-13(12(6-8)24-3)16(21)20-15(19-11)14-10(17)4-9(23-2)7-18-14/h4-7H,1-3H3,(H,19,20,21). The second-order valence-corrected chi connectivity index (χ2v) is 4.84. The molecule has 2 heterocycles. The molecule has 0 aliphatic heterocycles. The smallest absolute Gasteiger partial charge is 0.262 e. The zero-order valence-electron chi connectivity index (χ0n) is 13.2. The largest absolute Gasteiger partial charge is 0.497 e. The van der Waals surface area contributed by atoms with Crippen molar-refractivity contribution in [2.24, 2.45) is 0 Å². The fourth-order valence-electron chi connectivity index (χ4n) is 2.31. The van der Waals surface area contributed by atoms with Crippen molar-refractivity contribution in [2.45, 2.75) is 0 Å². The third kappa shape index (κ3) is 2.62. The lowest BCUT2D eigenvalue weighted by molar-refractivity contribution is 0.397. The first-order valence-corrected chi connectivity index (χ1v) is 6.93. The van der Waals surface area contributed by atoms with Gasteiger partial charge in [-0.15, -0.1) is 0 Å². The molecule has 2 aromatic heterocycles. The number of ether oxygens (including phenoxy) is 3. The van der Waals surface area contributed by atoms with E-state index >= 15 is 0 Å². The topological polar surface area (TPSA) is 86.3 Å². The van der Waals surface area contributed by atoms with Crippen molar-refractivity contribution in [3.63, 3.8) is 0 Å². The number of aromatic nitrogens is 3. The lowest BCUT2D eigenvalue weighted by atomic mass is 10.2. The van der Waals surface area contributed by atoms with Gasteiger partial charge in [-0.25, -0.2) is 14.4 Å². The molecule has 124 valence electrons. The summed E-state index contributed by atoms with van der Waals surface area (Å²) in [5.41, 5.74) is -0.245. The SMILES string of the molecule is COc1cnc(-c2nc3cc(OC)cc(OC)c3c(=O)[nH]2)c(F)c1. The van der Waals surface area contributed by atoms with Gasteiger partial charge in [0.25, 0.3) is 5.56 Å². The van der Waals surface area contributed by atoms with Crippen LogP contribution in [0.1, 0.15) is 0 Å². The molecule has 0 atom stereocenters. The highest BCUT2D eigenvalue weighted by atomic mass is 19.1. The highest BCUT2D eigenvalue weighted by molar-refractivity contribution is 5.87. The Hall–Kier alpha value is -3.16. The number of aromatic amines is 1. The van der Waals surface area contributed by atoms with Crippen molar-refractivity contribution < 1.29 is 18.6 Å². The van der Waals surface area contributed by atoms with E-state index < -0.39 is 11.4 Å². The number of halogens is 1. The van der Waals surface area contributed by atoms with Gasteiger partial charge in [-0.3, -0.25) is 4.79 Å². The van der Waals surface area contributed by atoms with Crippen molar-refractivity contribution in [3.05, 3.63) is 40.6 Å². The lowest BCUT2D eigenvalue weighted by Crippen LogP contribution is -2.12. The van der Waals surface area contributed by atoms with Crippen LogP contribution in [0.2, 0.25) is 0 Å². The second-order valence-electron chi connectivity index (χ2n) is 4.84. The number of hydrogen-bond acceptors (Lipinski definition) is 6. The highest BCUT2D eigenvalue weighted by Crippen LogP contribution is 2.29. The predicted molar refractivity (Wildman–Crippen MR) is 85.2 cm³/mol. The minimum Gasteiger partial charge on any atom is -0.497 e. The Morgan fingerprint density at radius 3 is 2.42 bits per heavy atom. The number of fused-ring (bicyclic) bond motifs is 1. The Labute approximate surface area is 136 Å². The Morgan fingerprint density at radius 1 is 1.04 bits per heavy atom. The van der Waals surface area contributed by atoms with Gasteiger partial charge in [0.05, 0.1) is 33.0 Å². The molecule has 0 radical (unpaired) electrons.